The van der Waals surface area contributed by atoms with Crippen molar-refractivity contribution in [2.75, 3.05) is 19.5 Å². The first-order valence-electron chi connectivity index (χ1n) is 10.5. The second-order valence-corrected chi connectivity index (χ2v) is 7.94. The molecule has 3 rings (SSSR count). The Balaban J connectivity index is 1.62. The summed E-state index contributed by atoms with van der Waals surface area (Å²) < 4.78 is 9.36. The van der Waals surface area contributed by atoms with Crippen LogP contribution in [0.2, 0.25) is 0 Å². The fraction of sp³-hybridized carbons (Fsp3) is 0.333. The van der Waals surface area contributed by atoms with Gasteiger partial charge in [-0.15, -0.1) is 0 Å². The molecule has 1 fully saturated rings. The van der Waals surface area contributed by atoms with Crippen molar-refractivity contribution in [2.24, 2.45) is 5.92 Å². The molecule has 0 bridgehead atoms. The maximum atomic E-state index is 12.7. The molecular weight excluding hydrogens is 426 g/mol. The number of ether oxygens (including phenoxy) is 2. The van der Waals surface area contributed by atoms with Gasteiger partial charge in [0.05, 0.1) is 14.2 Å². The number of rotatable bonds is 8. The Morgan fingerprint density at radius 1 is 0.909 bits per heavy atom. The molecule has 174 valence electrons. The summed E-state index contributed by atoms with van der Waals surface area (Å²) in [6.45, 7) is 2.09. The summed E-state index contributed by atoms with van der Waals surface area (Å²) in [4.78, 5) is 48.4. The summed E-state index contributed by atoms with van der Waals surface area (Å²) in [6.07, 6.45) is 0.570. The number of methoxy groups -OCH3 is 2. The normalized spacial score (nSPS) is 17.3. The molecule has 33 heavy (non-hydrogen) atoms. The second-order valence-electron chi connectivity index (χ2n) is 7.94. The first-order valence-corrected chi connectivity index (χ1v) is 10.5. The predicted molar refractivity (Wildman–Crippen MR) is 121 cm³/mol. The van der Waals surface area contributed by atoms with Gasteiger partial charge in [0.1, 0.15) is 6.04 Å². The lowest BCUT2D eigenvalue weighted by Gasteiger charge is -2.17. The van der Waals surface area contributed by atoms with E-state index in [2.05, 4.69) is 27.6 Å². The second kappa shape index (κ2) is 10.6. The third-order valence-electron chi connectivity index (χ3n) is 5.45. The highest BCUT2D eigenvalue weighted by Crippen LogP contribution is 2.29. The molecule has 2 aromatic carbocycles. The smallest absolute Gasteiger partial charge is 0.411 e. The molecule has 9 heteroatoms. The molecule has 0 radical (unpaired) electrons. The minimum absolute atomic E-state index is 0.126. The van der Waals surface area contributed by atoms with E-state index < -0.39 is 24.0 Å². The van der Waals surface area contributed by atoms with Crippen LogP contribution < -0.4 is 16.0 Å². The summed E-state index contributed by atoms with van der Waals surface area (Å²) in [6, 6.07) is 12.3. The van der Waals surface area contributed by atoms with Crippen LogP contribution in [0.1, 0.15) is 39.6 Å². The number of hydrogen-bond donors (Lipinski definition) is 3. The number of carbonyl (C=O) groups excluding carboxylic acids is 4. The predicted octanol–water partition coefficient (Wildman–Crippen LogP) is 2.52. The molecule has 3 N–H and O–H groups in total. The van der Waals surface area contributed by atoms with E-state index in [-0.39, 0.29) is 18.4 Å². The lowest BCUT2D eigenvalue weighted by Crippen LogP contribution is -2.43. The fourth-order valence-corrected chi connectivity index (χ4v) is 3.25. The molecule has 3 atom stereocenters. The molecular formula is C24H27N3O6. The van der Waals surface area contributed by atoms with Crippen molar-refractivity contribution in [1.29, 1.82) is 0 Å². The summed E-state index contributed by atoms with van der Waals surface area (Å²) in [5, 5.41) is 8.14. The van der Waals surface area contributed by atoms with E-state index in [0.29, 0.717) is 22.7 Å². The quantitative estimate of drug-likeness (QED) is 0.528. The number of amides is 3. The van der Waals surface area contributed by atoms with Crippen LogP contribution in [0.4, 0.5) is 10.5 Å². The number of hydrogen-bond acceptors (Lipinski definition) is 6. The van der Waals surface area contributed by atoms with Crippen LogP contribution in [-0.4, -0.2) is 50.2 Å². The van der Waals surface area contributed by atoms with Crippen LogP contribution in [0.3, 0.4) is 0 Å². The molecule has 0 heterocycles. The van der Waals surface area contributed by atoms with Crippen molar-refractivity contribution >= 4 is 29.6 Å². The van der Waals surface area contributed by atoms with Crippen molar-refractivity contribution in [2.45, 2.75) is 31.8 Å². The van der Waals surface area contributed by atoms with E-state index in [0.717, 1.165) is 12.0 Å². The van der Waals surface area contributed by atoms with Gasteiger partial charge in [0.15, 0.2) is 0 Å². The van der Waals surface area contributed by atoms with E-state index in [1.807, 2.05) is 0 Å². The van der Waals surface area contributed by atoms with E-state index in [1.165, 1.54) is 26.4 Å². The molecule has 0 aliphatic heterocycles. The number of anilines is 1. The zero-order valence-corrected chi connectivity index (χ0v) is 18.7. The number of carbonyl (C=O) groups is 4. The monoisotopic (exact) mass is 453 g/mol. The first kappa shape index (κ1) is 23.8. The largest absolute Gasteiger partial charge is 0.467 e. The molecule has 1 aliphatic carbocycles. The highest BCUT2D eigenvalue weighted by atomic mass is 16.5. The zero-order valence-electron chi connectivity index (χ0n) is 18.7. The molecule has 9 nitrogen and oxygen atoms in total. The Hall–Kier alpha value is -3.88. The van der Waals surface area contributed by atoms with Gasteiger partial charge in [-0.25, -0.2) is 9.59 Å². The van der Waals surface area contributed by atoms with E-state index in [4.69, 9.17) is 4.74 Å². The fourth-order valence-electron chi connectivity index (χ4n) is 3.25. The molecule has 0 aromatic heterocycles. The van der Waals surface area contributed by atoms with E-state index in [1.54, 1.807) is 36.4 Å². The lowest BCUT2D eigenvalue weighted by atomic mass is 10.0. The van der Waals surface area contributed by atoms with Gasteiger partial charge in [0.25, 0.3) is 11.8 Å². The Morgan fingerprint density at radius 2 is 1.48 bits per heavy atom. The van der Waals surface area contributed by atoms with Crippen molar-refractivity contribution in [3.8, 4) is 0 Å². The number of esters is 1. The van der Waals surface area contributed by atoms with Gasteiger partial charge in [-0.05, 0) is 54.3 Å². The van der Waals surface area contributed by atoms with Gasteiger partial charge in [-0.3, -0.25) is 14.9 Å². The van der Waals surface area contributed by atoms with Crippen molar-refractivity contribution < 1.29 is 28.7 Å². The number of benzene rings is 2. The minimum Gasteiger partial charge on any atom is -0.467 e. The van der Waals surface area contributed by atoms with Crippen LogP contribution in [0.25, 0.3) is 0 Å². The molecule has 0 spiro atoms. The summed E-state index contributed by atoms with van der Waals surface area (Å²) in [7, 11) is 2.50. The molecule has 0 saturated heterocycles. The van der Waals surface area contributed by atoms with Crippen molar-refractivity contribution in [3.05, 3.63) is 65.2 Å². The molecule has 1 saturated carbocycles. The molecule has 0 unspecified atom stereocenters. The maximum absolute atomic E-state index is 12.7. The Kier molecular flexibility index (Phi) is 7.66. The Morgan fingerprint density at radius 3 is 2.03 bits per heavy atom. The average molecular weight is 453 g/mol. The third-order valence-corrected chi connectivity index (χ3v) is 5.45. The standard InChI is InChI=1S/C24H27N3O6/c1-14-12-19(14)26-21(28)16-6-4-15(5-7-16)13-20(23(30)32-2)27-22(29)17-8-10-18(11-9-17)25-24(31)33-3/h4-11,14,19-20H,12-13H2,1-3H3,(H,25,31)(H,26,28)(H,27,29)/t14-,19-,20-/m0/s1. The molecule has 3 amide bonds. The zero-order chi connectivity index (χ0) is 24.0. The van der Waals surface area contributed by atoms with E-state index >= 15 is 0 Å². The van der Waals surface area contributed by atoms with Gasteiger partial charge in [0, 0.05) is 29.3 Å². The summed E-state index contributed by atoms with van der Waals surface area (Å²) in [5.74, 6) is -0.668. The summed E-state index contributed by atoms with van der Waals surface area (Å²) in [5.41, 5.74) is 2.07. The molecule has 1 aliphatic rings. The number of nitrogens with one attached hydrogen (secondary N) is 3. The SMILES string of the molecule is COC(=O)Nc1ccc(C(=O)N[C@@H](Cc2ccc(C(=O)N[C@H]3C[C@@H]3C)cc2)C(=O)OC)cc1. The minimum atomic E-state index is -0.914. The van der Waals surface area contributed by atoms with Gasteiger partial charge in [-0.2, -0.15) is 0 Å². The van der Waals surface area contributed by atoms with E-state index in [9.17, 15) is 19.2 Å². The van der Waals surface area contributed by atoms with Crippen molar-refractivity contribution in [1.82, 2.24) is 10.6 Å². The van der Waals surface area contributed by atoms with Gasteiger partial charge < -0.3 is 20.1 Å². The highest BCUT2D eigenvalue weighted by Gasteiger charge is 2.34. The average Bonchev–Trinajstić information content (AvgIpc) is 3.52. The van der Waals surface area contributed by atoms with Crippen molar-refractivity contribution in [3.63, 3.8) is 0 Å². The van der Waals surface area contributed by atoms with Crippen LogP contribution in [0.15, 0.2) is 48.5 Å². The Bertz CT molecular complexity index is 1020. The summed E-state index contributed by atoms with van der Waals surface area (Å²) >= 11 is 0. The van der Waals surface area contributed by atoms with Gasteiger partial charge >= 0.3 is 12.1 Å². The van der Waals surface area contributed by atoms with Crippen LogP contribution in [-0.2, 0) is 20.7 Å². The highest BCUT2D eigenvalue weighted by molar-refractivity contribution is 5.97. The van der Waals surface area contributed by atoms with Gasteiger partial charge in [-0.1, -0.05) is 19.1 Å². The van der Waals surface area contributed by atoms with Gasteiger partial charge in [0.2, 0.25) is 0 Å². The van der Waals surface area contributed by atoms with Crippen LogP contribution in [0, 0.1) is 5.92 Å². The lowest BCUT2D eigenvalue weighted by molar-refractivity contribution is -0.142. The topological polar surface area (TPSA) is 123 Å². The van der Waals surface area contributed by atoms with Crippen LogP contribution in [0.5, 0.6) is 0 Å². The first-order chi connectivity index (χ1) is 15.8. The van der Waals surface area contributed by atoms with Crippen LogP contribution >= 0.6 is 0 Å². The maximum Gasteiger partial charge on any atom is 0.411 e. The Labute approximate surface area is 191 Å². The third kappa shape index (κ3) is 6.55. The molecule has 2 aromatic rings.